The minimum atomic E-state index is 0.533. The van der Waals surface area contributed by atoms with Gasteiger partial charge in [0.05, 0.1) is 24.6 Å². The number of hydrogen-bond acceptors (Lipinski definition) is 4. The van der Waals surface area contributed by atoms with E-state index in [0.29, 0.717) is 25.0 Å². The molecule has 0 saturated heterocycles. The van der Waals surface area contributed by atoms with Crippen molar-refractivity contribution < 1.29 is 9.47 Å². The van der Waals surface area contributed by atoms with Gasteiger partial charge in [-0.25, -0.2) is 0 Å². The van der Waals surface area contributed by atoms with Crippen molar-refractivity contribution in [1.82, 2.24) is 0 Å². The van der Waals surface area contributed by atoms with Gasteiger partial charge in [-0.1, -0.05) is 52.7 Å². The van der Waals surface area contributed by atoms with Crippen LogP contribution >= 0.6 is 0 Å². The lowest BCUT2D eigenvalue weighted by Crippen LogP contribution is -2.07. The molecule has 2 aromatic carbocycles. The molecule has 2 rings (SSSR count). The fourth-order valence-corrected chi connectivity index (χ4v) is 2.54. The minimum Gasteiger partial charge on any atom is -0.493 e. The van der Waals surface area contributed by atoms with Crippen LogP contribution in [0.5, 0.6) is 11.5 Å². The number of benzene rings is 2. The van der Waals surface area contributed by atoms with Crippen LogP contribution < -0.4 is 9.47 Å². The van der Waals surface area contributed by atoms with Crippen molar-refractivity contribution in [2.45, 2.75) is 54.4 Å². The number of rotatable bonds is 10. The first kappa shape index (κ1) is 21.9. The Morgan fingerprint density at radius 2 is 1.11 bits per heavy atom. The first-order valence-electron chi connectivity index (χ1n) is 10.3. The molecule has 2 atom stereocenters. The van der Waals surface area contributed by atoms with Crippen LogP contribution in [0.15, 0.2) is 46.6 Å². The lowest BCUT2D eigenvalue weighted by Gasteiger charge is -2.14. The highest BCUT2D eigenvalue weighted by Gasteiger charge is 2.09. The molecule has 0 N–H and O–H groups in total. The van der Waals surface area contributed by atoms with Gasteiger partial charge in [-0.15, -0.1) is 0 Å². The summed E-state index contributed by atoms with van der Waals surface area (Å²) in [6.07, 6.45) is 2.21. The van der Waals surface area contributed by atoms with Gasteiger partial charge in [-0.05, 0) is 49.9 Å². The highest BCUT2D eigenvalue weighted by atomic mass is 16.5. The second kappa shape index (κ2) is 10.8. The van der Waals surface area contributed by atoms with Crippen LogP contribution in [0, 0.1) is 25.7 Å². The lowest BCUT2D eigenvalue weighted by molar-refractivity contribution is 0.255. The molecule has 0 aromatic heterocycles. The van der Waals surface area contributed by atoms with E-state index in [2.05, 4.69) is 37.9 Å². The van der Waals surface area contributed by atoms with Crippen molar-refractivity contribution in [3.05, 3.63) is 47.5 Å². The lowest BCUT2D eigenvalue weighted by atomic mass is 10.1. The quantitative estimate of drug-likeness (QED) is 0.398. The van der Waals surface area contributed by atoms with Gasteiger partial charge in [0.2, 0.25) is 0 Å². The van der Waals surface area contributed by atoms with E-state index in [4.69, 9.17) is 9.47 Å². The Labute approximate surface area is 170 Å². The summed E-state index contributed by atoms with van der Waals surface area (Å²) in [6.45, 7) is 14.2. The Bertz CT molecular complexity index is 721. The van der Waals surface area contributed by atoms with Crippen molar-refractivity contribution in [3.8, 4) is 11.5 Å². The highest BCUT2D eigenvalue weighted by molar-refractivity contribution is 5.55. The zero-order chi connectivity index (χ0) is 20.5. The van der Waals surface area contributed by atoms with Gasteiger partial charge in [0, 0.05) is 11.1 Å². The minimum absolute atomic E-state index is 0.533. The molecule has 0 amide bonds. The van der Waals surface area contributed by atoms with Crippen LogP contribution in [0.25, 0.3) is 0 Å². The Morgan fingerprint density at radius 1 is 0.714 bits per heavy atom. The fraction of sp³-hybridized carbons (Fsp3) is 0.500. The standard InChI is InChI=1S/C24H34N2O2/c1-7-17(3)15-27-23-13-9-11-21(19(23)5)25-26-22-12-10-14-24(20(22)6)28-16-18(4)8-2/h9-14,17-18H,7-8,15-16H2,1-6H3/t17-,18-/m0/s1. The molecule has 28 heavy (non-hydrogen) atoms. The third-order valence-electron chi connectivity index (χ3n) is 5.22. The largest absolute Gasteiger partial charge is 0.493 e. The van der Waals surface area contributed by atoms with Gasteiger partial charge in [0.25, 0.3) is 0 Å². The van der Waals surface area contributed by atoms with Gasteiger partial charge in [-0.2, -0.15) is 10.2 Å². The maximum atomic E-state index is 5.97. The fourth-order valence-electron chi connectivity index (χ4n) is 2.54. The predicted octanol–water partition coefficient (Wildman–Crippen LogP) is 7.57. The van der Waals surface area contributed by atoms with E-state index in [-0.39, 0.29) is 0 Å². The third-order valence-corrected chi connectivity index (χ3v) is 5.22. The summed E-state index contributed by atoms with van der Waals surface area (Å²) in [5.74, 6) is 2.81. The van der Waals surface area contributed by atoms with Crippen LogP contribution in [0.1, 0.15) is 51.7 Å². The van der Waals surface area contributed by atoms with Crippen molar-refractivity contribution >= 4 is 11.4 Å². The van der Waals surface area contributed by atoms with Crippen molar-refractivity contribution in [2.24, 2.45) is 22.1 Å². The smallest absolute Gasteiger partial charge is 0.124 e. The zero-order valence-electron chi connectivity index (χ0n) is 18.2. The van der Waals surface area contributed by atoms with Crippen molar-refractivity contribution in [1.29, 1.82) is 0 Å². The molecule has 0 bridgehead atoms. The average molecular weight is 383 g/mol. The second-order valence-electron chi connectivity index (χ2n) is 7.65. The maximum Gasteiger partial charge on any atom is 0.124 e. The van der Waals surface area contributed by atoms with E-state index in [9.17, 15) is 0 Å². The molecular weight excluding hydrogens is 348 g/mol. The zero-order valence-corrected chi connectivity index (χ0v) is 18.2. The average Bonchev–Trinajstić information content (AvgIpc) is 2.71. The van der Waals surface area contributed by atoms with Gasteiger partial charge in [0.15, 0.2) is 0 Å². The van der Waals surface area contributed by atoms with E-state index in [1.54, 1.807) is 0 Å². The molecule has 0 saturated carbocycles. The number of nitrogens with zero attached hydrogens (tertiary/aromatic N) is 2. The van der Waals surface area contributed by atoms with Crippen LogP contribution in [0.2, 0.25) is 0 Å². The molecule has 0 unspecified atom stereocenters. The van der Waals surface area contributed by atoms with E-state index in [1.165, 1.54) is 0 Å². The van der Waals surface area contributed by atoms with Gasteiger partial charge < -0.3 is 9.47 Å². The van der Waals surface area contributed by atoms with E-state index in [0.717, 1.165) is 46.8 Å². The molecule has 0 spiro atoms. The molecular formula is C24H34N2O2. The summed E-state index contributed by atoms with van der Waals surface area (Å²) in [5, 5.41) is 8.97. The SMILES string of the molecule is CC[C@H](C)COc1cccc(N=Nc2cccc(OC[C@@H](C)CC)c2C)c1C. The summed E-state index contributed by atoms with van der Waals surface area (Å²) < 4.78 is 11.9. The Kier molecular flexibility index (Phi) is 8.49. The normalized spacial score (nSPS) is 13.5. The Hall–Kier alpha value is -2.36. The molecule has 0 aliphatic rings. The molecule has 0 fully saturated rings. The molecule has 0 heterocycles. The monoisotopic (exact) mass is 382 g/mol. The number of ether oxygens (including phenoxy) is 2. The molecule has 0 aliphatic heterocycles. The summed E-state index contributed by atoms with van der Waals surface area (Å²) in [7, 11) is 0. The molecule has 4 heteroatoms. The Balaban J connectivity index is 2.15. The first-order valence-corrected chi connectivity index (χ1v) is 10.3. The van der Waals surface area contributed by atoms with Gasteiger partial charge >= 0.3 is 0 Å². The summed E-state index contributed by atoms with van der Waals surface area (Å²) in [6, 6.07) is 11.8. The van der Waals surface area contributed by atoms with Crippen LogP contribution in [0.4, 0.5) is 11.4 Å². The van der Waals surface area contributed by atoms with E-state index in [1.807, 2.05) is 50.2 Å². The second-order valence-corrected chi connectivity index (χ2v) is 7.65. The number of azo groups is 1. The topological polar surface area (TPSA) is 43.2 Å². The van der Waals surface area contributed by atoms with Gasteiger partial charge in [-0.3, -0.25) is 0 Å². The third kappa shape index (κ3) is 6.08. The van der Waals surface area contributed by atoms with Crippen molar-refractivity contribution in [3.63, 3.8) is 0 Å². The molecule has 4 nitrogen and oxygen atoms in total. The predicted molar refractivity (Wildman–Crippen MR) is 116 cm³/mol. The van der Waals surface area contributed by atoms with Gasteiger partial charge in [0.1, 0.15) is 11.5 Å². The molecule has 152 valence electrons. The summed E-state index contributed by atoms with van der Waals surface area (Å²) in [4.78, 5) is 0. The van der Waals surface area contributed by atoms with Crippen LogP contribution in [-0.2, 0) is 0 Å². The highest BCUT2D eigenvalue weighted by Crippen LogP contribution is 2.32. The Morgan fingerprint density at radius 3 is 1.46 bits per heavy atom. The van der Waals surface area contributed by atoms with E-state index < -0.39 is 0 Å². The van der Waals surface area contributed by atoms with E-state index >= 15 is 0 Å². The first-order chi connectivity index (χ1) is 13.5. The molecule has 2 aromatic rings. The van der Waals surface area contributed by atoms with Crippen molar-refractivity contribution in [2.75, 3.05) is 13.2 Å². The van der Waals surface area contributed by atoms with Crippen LogP contribution in [-0.4, -0.2) is 13.2 Å². The van der Waals surface area contributed by atoms with Crippen LogP contribution in [0.3, 0.4) is 0 Å². The maximum absolute atomic E-state index is 5.97. The summed E-state index contributed by atoms with van der Waals surface area (Å²) in [5.41, 5.74) is 3.67. The number of hydrogen-bond donors (Lipinski definition) is 0. The summed E-state index contributed by atoms with van der Waals surface area (Å²) >= 11 is 0. The molecule has 0 radical (unpaired) electrons. The molecule has 0 aliphatic carbocycles.